The van der Waals surface area contributed by atoms with Crippen LogP contribution >= 0.6 is 0 Å². The van der Waals surface area contributed by atoms with Crippen molar-refractivity contribution in [2.45, 2.75) is 52.5 Å². The van der Waals surface area contributed by atoms with Crippen LogP contribution in [0.3, 0.4) is 0 Å². The number of fused-ring (bicyclic) bond motifs is 4. The Morgan fingerprint density at radius 1 is 0.708 bits per heavy atom. The Hall–Kier alpha value is -2.02. The summed E-state index contributed by atoms with van der Waals surface area (Å²) in [4.78, 5) is 0. The molecule has 1 heterocycles. The molecule has 1 heteroatoms. The molecule has 1 nitrogen and oxygen atoms in total. The largest absolute Gasteiger partial charge is 0.377 e. The van der Waals surface area contributed by atoms with Crippen molar-refractivity contribution in [1.29, 1.82) is 0 Å². The van der Waals surface area contributed by atoms with Crippen molar-refractivity contribution < 1.29 is 0 Å². The summed E-state index contributed by atoms with van der Waals surface area (Å²) in [5.41, 5.74) is 5.56. The summed E-state index contributed by atoms with van der Waals surface area (Å²) in [7, 11) is 0. The van der Waals surface area contributed by atoms with Crippen LogP contribution in [0.4, 0.5) is 0 Å². The smallest absolute Gasteiger partial charge is 0.0943 e. The first-order valence-corrected chi connectivity index (χ1v) is 9.07. The van der Waals surface area contributed by atoms with E-state index in [0.717, 1.165) is 0 Å². The van der Waals surface area contributed by atoms with Gasteiger partial charge in [0.15, 0.2) is 0 Å². The standard InChI is InChI=1S/C21H23N.C2H6/c1-19(2)17-11-7-8-12-18(17)21(20(19,3)4)16-10-6-5-9-15(16)13-14-22-21;1-2/h5-14,22H,1-4H3;1-2H3. The van der Waals surface area contributed by atoms with E-state index in [0.29, 0.717) is 0 Å². The van der Waals surface area contributed by atoms with Gasteiger partial charge in [-0.15, -0.1) is 0 Å². The zero-order chi connectivity index (χ0) is 17.6. The first-order valence-electron chi connectivity index (χ1n) is 9.07. The fraction of sp³-hybridized carbons (Fsp3) is 0.391. The highest BCUT2D eigenvalue weighted by atomic mass is 15.0. The Labute approximate surface area is 146 Å². The van der Waals surface area contributed by atoms with Gasteiger partial charge in [0.1, 0.15) is 0 Å². The summed E-state index contributed by atoms with van der Waals surface area (Å²) in [5.74, 6) is 0. The van der Waals surface area contributed by atoms with Gasteiger partial charge in [0.05, 0.1) is 5.54 Å². The quantitative estimate of drug-likeness (QED) is 0.642. The second-order valence-electron chi connectivity index (χ2n) is 7.61. The number of benzene rings is 2. The van der Waals surface area contributed by atoms with Crippen molar-refractivity contribution in [3.63, 3.8) is 0 Å². The fourth-order valence-electron chi connectivity index (χ4n) is 4.56. The maximum Gasteiger partial charge on any atom is 0.0943 e. The molecular formula is C23H29N. The molecule has 1 unspecified atom stereocenters. The maximum atomic E-state index is 3.77. The van der Waals surface area contributed by atoms with Gasteiger partial charge in [-0.3, -0.25) is 0 Å². The van der Waals surface area contributed by atoms with Gasteiger partial charge < -0.3 is 5.32 Å². The van der Waals surface area contributed by atoms with Gasteiger partial charge in [-0.2, -0.15) is 0 Å². The van der Waals surface area contributed by atoms with E-state index >= 15 is 0 Å². The minimum absolute atomic E-state index is 0.0462. The van der Waals surface area contributed by atoms with Gasteiger partial charge in [0, 0.05) is 5.41 Å². The van der Waals surface area contributed by atoms with Crippen LogP contribution in [0.2, 0.25) is 0 Å². The van der Waals surface area contributed by atoms with Gasteiger partial charge in [-0.1, -0.05) is 90.1 Å². The molecule has 1 spiro atoms. The summed E-state index contributed by atoms with van der Waals surface area (Å²) in [6, 6.07) is 17.7. The SMILES string of the molecule is CC.CC1(C)c2ccccc2C2(NC=Cc3ccccc32)C1(C)C. The molecule has 0 radical (unpaired) electrons. The Balaban J connectivity index is 0.000000815. The second kappa shape index (κ2) is 5.51. The first kappa shape index (κ1) is 16.8. The predicted molar refractivity (Wildman–Crippen MR) is 104 cm³/mol. The van der Waals surface area contributed by atoms with Gasteiger partial charge in [0.25, 0.3) is 0 Å². The van der Waals surface area contributed by atoms with E-state index in [4.69, 9.17) is 0 Å². The Kier molecular flexibility index (Phi) is 3.86. The first-order chi connectivity index (χ1) is 11.4. The van der Waals surface area contributed by atoms with Crippen molar-refractivity contribution in [1.82, 2.24) is 5.32 Å². The highest BCUT2D eigenvalue weighted by Crippen LogP contribution is 2.63. The highest BCUT2D eigenvalue weighted by molar-refractivity contribution is 5.66. The molecule has 2 aliphatic rings. The van der Waals surface area contributed by atoms with E-state index < -0.39 is 0 Å². The molecule has 1 aliphatic heterocycles. The van der Waals surface area contributed by atoms with Crippen LogP contribution in [0.1, 0.15) is 63.8 Å². The minimum Gasteiger partial charge on any atom is -0.377 e. The molecule has 4 rings (SSSR count). The van der Waals surface area contributed by atoms with Crippen LogP contribution in [0.5, 0.6) is 0 Å². The fourth-order valence-corrected chi connectivity index (χ4v) is 4.56. The number of hydrogen-bond donors (Lipinski definition) is 1. The van der Waals surface area contributed by atoms with Crippen molar-refractivity contribution in [2.24, 2.45) is 5.41 Å². The summed E-state index contributed by atoms with van der Waals surface area (Å²) < 4.78 is 0. The molecule has 2 aromatic rings. The molecule has 0 aromatic heterocycles. The third-order valence-corrected chi connectivity index (χ3v) is 6.43. The topological polar surface area (TPSA) is 12.0 Å². The van der Waals surface area contributed by atoms with Crippen LogP contribution in [0.15, 0.2) is 54.7 Å². The van der Waals surface area contributed by atoms with E-state index in [2.05, 4.69) is 93.8 Å². The molecule has 2 aromatic carbocycles. The average Bonchev–Trinajstić information content (AvgIpc) is 2.74. The third-order valence-electron chi connectivity index (χ3n) is 6.43. The minimum atomic E-state index is -0.168. The summed E-state index contributed by atoms with van der Waals surface area (Å²) >= 11 is 0. The van der Waals surface area contributed by atoms with E-state index in [-0.39, 0.29) is 16.4 Å². The summed E-state index contributed by atoms with van der Waals surface area (Å²) in [6.45, 7) is 13.6. The molecule has 24 heavy (non-hydrogen) atoms. The predicted octanol–water partition coefficient (Wildman–Crippen LogP) is 5.85. The zero-order valence-electron chi connectivity index (χ0n) is 15.8. The lowest BCUT2D eigenvalue weighted by Gasteiger charge is -2.50. The van der Waals surface area contributed by atoms with Gasteiger partial charge >= 0.3 is 0 Å². The van der Waals surface area contributed by atoms with E-state index in [1.807, 2.05) is 13.8 Å². The van der Waals surface area contributed by atoms with Crippen LogP contribution in [-0.4, -0.2) is 0 Å². The number of nitrogens with one attached hydrogen (secondary N) is 1. The lowest BCUT2D eigenvalue weighted by molar-refractivity contribution is 0.110. The van der Waals surface area contributed by atoms with Crippen LogP contribution in [0.25, 0.3) is 6.08 Å². The molecule has 0 saturated carbocycles. The van der Waals surface area contributed by atoms with Crippen molar-refractivity contribution in [3.8, 4) is 0 Å². The lowest BCUT2D eigenvalue weighted by atomic mass is 9.58. The van der Waals surface area contributed by atoms with Crippen molar-refractivity contribution in [3.05, 3.63) is 77.0 Å². The molecule has 1 N–H and O–H groups in total. The highest BCUT2D eigenvalue weighted by Gasteiger charge is 2.62. The van der Waals surface area contributed by atoms with E-state index in [9.17, 15) is 0 Å². The molecule has 0 bridgehead atoms. The number of hydrogen-bond acceptors (Lipinski definition) is 1. The maximum absolute atomic E-state index is 3.77. The second-order valence-corrected chi connectivity index (χ2v) is 7.61. The normalized spacial score (nSPS) is 24.4. The average molecular weight is 319 g/mol. The van der Waals surface area contributed by atoms with Crippen molar-refractivity contribution >= 4 is 6.08 Å². The zero-order valence-corrected chi connectivity index (χ0v) is 15.8. The Morgan fingerprint density at radius 3 is 1.92 bits per heavy atom. The molecule has 1 atom stereocenters. The van der Waals surface area contributed by atoms with E-state index in [1.54, 1.807) is 0 Å². The molecule has 0 amide bonds. The van der Waals surface area contributed by atoms with Gasteiger partial charge in [-0.25, -0.2) is 0 Å². The van der Waals surface area contributed by atoms with Gasteiger partial charge in [0.2, 0.25) is 0 Å². The molecule has 0 fully saturated rings. The third kappa shape index (κ3) is 1.81. The number of rotatable bonds is 0. The van der Waals surface area contributed by atoms with Crippen LogP contribution in [-0.2, 0) is 11.0 Å². The lowest BCUT2D eigenvalue weighted by Crippen LogP contribution is -2.55. The summed E-state index contributed by atoms with van der Waals surface area (Å²) in [5, 5.41) is 3.77. The molecular weight excluding hydrogens is 290 g/mol. The van der Waals surface area contributed by atoms with Crippen molar-refractivity contribution in [2.75, 3.05) is 0 Å². The molecule has 1 aliphatic carbocycles. The Bertz CT molecular complexity index is 782. The van der Waals surface area contributed by atoms with Crippen LogP contribution in [0, 0.1) is 5.41 Å². The van der Waals surface area contributed by atoms with Crippen LogP contribution < -0.4 is 5.32 Å². The van der Waals surface area contributed by atoms with Gasteiger partial charge in [-0.05, 0) is 39.9 Å². The van der Waals surface area contributed by atoms with E-state index in [1.165, 1.54) is 22.3 Å². The molecule has 126 valence electrons. The molecule has 0 saturated heterocycles. The monoisotopic (exact) mass is 319 g/mol. The Morgan fingerprint density at radius 2 is 1.25 bits per heavy atom. The summed E-state index contributed by atoms with van der Waals surface area (Å²) in [6.07, 6.45) is 4.31.